The summed E-state index contributed by atoms with van der Waals surface area (Å²) in [7, 11) is 3.62. The SMILES string of the molecule is CNC1CCOC(c2ccc(OC)nc2)C1. The lowest BCUT2D eigenvalue weighted by Gasteiger charge is -2.29. The maximum absolute atomic E-state index is 5.75. The lowest BCUT2D eigenvalue weighted by Crippen LogP contribution is -2.33. The molecule has 1 saturated heterocycles. The van der Waals surface area contributed by atoms with E-state index in [2.05, 4.69) is 10.3 Å². The summed E-state index contributed by atoms with van der Waals surface area (Å²) in [5, 5.41) is 3.30. The second-order valence-corrected chi connectivity index (χ2v) is 4.00. The highest BCUT2D eigenvalue weighted by Crippen LogP contribution is 2.28. The second-order valence-electron chi connectivity index (χ2n) is 4.00. The van der Waals surface area contributed by atoms with Crippen molar-refractivity contribution >= 4 is 0 Å². The van der Waals surface area contributed by atoms with Gasteiger partial charge in [-0.3, -0.25) is 0 Å². The van der Waals surface area contributed by atoms with E-state index in [-0.39, 0.29) is 6.10 Å². The molecule has 4 nitrogen and oxygen atoms in total. The monoisotopic (exact) mass is 222 g/mol. The summed E-state index contributed by atoms with van der Waals surface area (Å²) >= 11 is 0. The number of nitrogens with one attached hydrogen (secondary N) is 1. The zero-order chi connectivity index (χ0) is 11.4. The molecule has 1 aromatic rings. The molecule has 0 aromatic carbocycles. The first-order valence-corrected chi connectivity index (χ1v) is 5.62. The molecule has 2 rings (SSSR count). The van der Waals surface area contributed by atoms with Crippen LogP contribution in [0.2, 0.25) is 0 Å². The summed E-state index contributed by atoms with van der Waals surface area (Å²) in [6.45, 7) is 0.808. The summed E-state index contributed by atoms with van der Waals surface area (Å²) in [6.07, 6.45) is 4.08. The number of rotatable bonds is 3. The normalized spacial score (nSPS) is 25.4. The molecule has 1 N–H and O–H groups in total. The van der Waals surface area contributed by atoms with E-state index in [1.54, 1.807) is 7.11 Å². The average Bonchev–Trinajstić information content (AvgIpc) is 2.39. The maximum Gasteiger partial charge on any atom is 0.212 e. The molecule has 0 amide bonds. The number of methoxy groups -OCH3 is 1. The van der Waals surface area contributed by atoms with Gasteiger partial charge in [0.15, 0.2) is 0 Å². The molecular weight excluding hydrogens is 204 g/mol. The van der Waals surface area contributed by atoms with Gasteiger partial charge in [0.1, 0.15) is 0 Å². The van der Waals surface area contributed by atoms with Crippen LogP contribution in [0.4, 0.5) is 0 Å². The molecule has 2 atom stereocenters. The molecular formula is C12H18N2O2. The topological polar surface area (TPSA) is 43.4 Å². The third-order valence-electron chi connectivity index (χ3n) is 3.03. The van der Waals surface area contributed by atoms with Crippen molar-refractivity contribution in [3.05, 3.63) is 23.9 Å². The molecule has 1 aliphatic rings. The molecule has 1 fully saturated rings. The molecule has 2 unspecified atom stereocenters. The Balaban J connectivity index is 2.05. The van der Waals surface area contributed by atoms with Crippen molar-refractivity contribution in [3.8, 4) is 5.88 Å². The number of ether oxygens (including phenoxy) is 2. The third kappa shape index (κ3) is 2.51. The number of pyridine rings is 1. The van der Waals surface area contributed by atoms with E-state index in [4.69, 9.17) is 9.47 Å². The van der Waals surface area contributed by atoms with E-state index in [9.17, 15) is 0 Å². The maximum atomic E-state index is 5.75. The van der Waals surface area contributed by atoms with Crippen molar-refractivity contribution in [2.24, 2.45) is 0 Å². The Labute approximate surface area is 96.0 Å². The molecule has 0 spiro atoms. The van der Waals surface area contributed by atoms with Crippen molar-refractivity contribution < 1.29 is 9.47 Å². The molecule has 4 heteroatoms. The van der Waals surface area contributed by atoms with Crippen LogP contribution in [0.25, 0.3) is 0 Å². The highest BCUT2D eigenvalue weighted by Gasteiger charge is 2.22. The van der Waals surface area contributed by atoms with Gasteiger partial charge in [-0.05, 0) is 31.5 Å². The predicted molar refractivity (Wildman–Crippen MR) is 61.6 cm³/mol. The van der Waals surface area contributed by atoms with Crippen molar-refractivity contribution in [3.63, 3.8) is 0 Å². The van der Waals surface area contributed by atoms with E-state index in [0.717, 1.165) is 25.0 Å². The minimum atomic E-state index is 0.157. The number of nitrogens with zero attached hydrogens (tertiary/aromatic N) is 1. The van der Waals surface area contributed by atoms with Gasteiger partial charge in [-0.15, -0.1) is 0 Å². The van der Waals surface area contributed by atoms with E-state index in [1.807, 2.05) is 25.4 Å². The van der Waals surface area contributed by atoms with Crippen molar-refractivity contribution in [1.29, 1.82) is 0 Å². The molecule has 1 aromatic heterocycles. The summed E-state index contributed by atoms with van der Waals surface area (Å²) in [4.78, 5) is 4.20. The van der Waals surface area contributed by atoms with Crippen LogP contribution in [0, 0.1) is 0 Å². The molecule has 88 valence electrons. The first kappa shape index (κ1) is 11.4. The molecule has 0 radical (unpaired) electrons. The lowest BCUT2D eigenvalue weighted by atomic mass is 9.99. The first-order valence-electron chi connectivity index (χ1n) is 5.62. The summed E-state index contributed by atoms with van der Waals surface area (Å²) in [6, 6.07) is 4.44. The summed E-state index contributed by atoms with van der Waals surface area (Å²) in [5.74, 6) is 0.643. The van der Waals surface area contributed by atoms with Crippen LogP contribution in [-0.4, -0.2) is 31.8 Å². The zero-order valence-electron chi connectivity index (χ0n) is 9.77. The lowest BCUT2D eigenvalue weighted by molar-refractivity contribution is 0.00132. The van der Waals surface area contributed by atoms with Crippen LogP contribution < -0.4 is 10.1 Å². The minimum absolute atomic E-state index is 0.157. The van der Waals surface area contributed by atoms with Crippen molar-refractivity contribution in [2.75, 3.05) is 20.8 Å². The van der Waals surface area contributed by atoms with Crippen LogP contribution in [0.3, 0.4) is 0 Å². The van der Waals surface area contributed by atoms with Gasteiger partial charge in [0.2, 0.25) is 5.88 Å². The Bertz CT molecular complexity index is 326. The van der Waals surface area contributed by atoms with Gasteiger partial charge in [-0.25, -0.2) is 4.98 Å². The van der Waals surface area contributed by atoms with Crippen molar-refractivity contribution in [1.82, 2.24) is 10.3 Å². The highest BCUT2D eigenvalue weighted by atomic mass is 16.5. The third-order valence-corrected chi connectivity index (χ3v) is 3.03. The molecule has 0 aliphatic carbocycles. The van der Waals surface area contributed by atoms with Gasteiger partial charge in [-0.1, -0.05) is 0 Å². The number of hydrogen-bond acceptors (Lipinski definition) is 4. The fraction of sp³-hybridized carbons (Fsp3) is 0.583. The van der Waals surface area contributed by atoms with Gasteiger partial charge in [0.05, 0.1) is 13.2 Å². The average molecular weight is 222 g/mol. The first-order chi connectivity index (χ1) is 7.83. The largest absolute Gasteiger partial charge is 0.481 e. The van der Waals surface area contributed by atoms with Gasteiger partial charge in [0, 0.05) is 24.9 Å². The van der Waals surface area contributed by atoms with Gasteiger partial charge in [0.25, 0.3) is 0 Å². The Kier molecular flexibility index (Phi) is 3.74. The van der Waals surface area contributed by atoms with E-state index >= 15 is 0 Å². The molecule has 2 heterocycles. The second kappa shape index (κ2) is 5.27. The summed E-state index contributed by atoms with van der Waals surface area (Å²) in [5.41, 5.74) is 1.13. The van der Waals surface area contributed by atoms with E-state index in [0.29, 0.717) is 11.9 Å². The molecule has 0 bridgehead atoms. The number of aromatic nitrogens is 1. The van der Waals surface area contributed by atoms with Crippen LogP contribution in [0.5, 0.6) is 5.88 Å². The van der Waals surface area contributed by atoms with Crippen LogP contribution in [0.1, 0.15) is 24.5 Å². The smallest absolute Gasteiger partial charge is 0.212 e. The fourth-order valence-corrected chi connectivity index (χ4v) is 1.99. The van der Waals surface area contributed by atoms with Crippen LogP contribution in [0.15, 0.2) is 18.3 Å². The number of hydrogen-bond donors (Lipinski definition) is 1. The Morgan fingerprint density at radius 3 is 3.00 bits per heavy atom. The highest BCUT2D eigenvalue weighted by molar-refractivity contribution is 5.20. The Morgan fingerprint density at radius 1 is 1.50 bits per heavy atom. The summed E-state index contributed by atoms with van der Waals surface area (Å²) < 4.78 is 10.8. The predicted octanol–water partition coefficient (Wildman–Crippen LogP) is 1.53. The fourth-order valence-electron chi connectivity index (χ4n) is 1.99. The van der Waals surface area contributed by atoms with Gasteiger partial charge < -0.3 is 14.8 Å². The van der Waals surface area contributed by atoms with E-state index < -0.39 is 0 Å². The molecule has 1 aliphatic heterocycles. The molecule has 0 saturated carbocycles. The Hall–Kier alpha value is -1.13. The van der Waals surface area contributed by atoms with Gasteiger partial charge >= 0.3 is 0 Å². The van der Waals surface area contributed by atoms with Crippen LogP contribution in [-0.2, 0) is 4.74 Å². The minimum Gasteiger partial charge on any atom is -0.481 e. The van der Waals surface area contributed by atoms with Gasteiger partial charge in [-0.2, -0.15) is 0 Å². The standard InChI is InChI=1S/C12H18N2O2/c1-13-10-5-6-16-11(7-10)9-3-4-12(15-2)14-8-9/h3-4,8,10-11,13H,5-7H2,1-2H3. The zero-order valence-corrected chi connectivity index (χ0v) is 9.77. The van der Waals surface area contributed by atoms with Crippen LogP contribution >= 0.6 is 0 Å². The molecule has 16 heavy (non-hydrogen) atoms. The Morgan fingerprint density at radius 2 is 2.38 bits per heavy atom. The van der Waals surface area contributed by atoms with E-state index in [1.165, 1.54) is 0 Å². The van der Waals surface area contributed by atoms with Crippen molar-refractivity contribution in [2.45, 2.75) is 25.0 Å². The quantitative estimate of drug-likeness (QED) is 0.842.